The minimum Gasteiger partial charge on any atom is -0.461 e. The summed E-state index contributed by atoms with van der Waals surface area (Å²) in [6.45, 7) is 8.12. The lowest BCUT2D eigenvalue weighted by molar-refractivity contribution is -0.144. The Labute approximate surface area is 182 Å². The van der Waals surface area contributed by atoms with Gasteiger partial charge in [0.2, 0.25) is 10.0 Å². The van der Waals surface area contributed by atoms with Crippen molar-refractivity contribution in [2.24, 2.45) is 7.05 Å². The Balaban J connectivity index is 1.71. The number of ether oxygens (including phenoxy) is 1. The van der Waals surface area contributed by atoms with Gasteiger partial charge in [-0.25, -0.2) is 13.4 Å². The smallest absolute Gasteiger partial charge is 0.306 e. The first-order chi connectivity index (χ1) is 14.7. The summed E-state index contributed by atoms with van der Waals surface area (Å²) in [4.78, 5) is 17.0. The van der Waals surface area contributed by atoms with E-state index in [2.05, 4.69) is 10.1 Å². The molecule has 0 bridgehead atoms. The van der Waals surface area contributed by atoms with Crippen molar-refractivity contribution in [2.45, 2.75) is 52.0 Å². The first-order valence-corrected chi connectivity index (χ1v) is 11.7. The number of nitrogens with zero attached hydrogens (tertiary/aromatic N) is 4. The molecular formula is C21H28N4O5S. The van der Waals surface area contributed by atoms with Crippen LogP contribution in [0, 0.1) is 13.8 Å². The van der Waals surface area contributed by atoms with E-state index in [9.17, 15) is 13.2 Å². The molecule has 0 N–H and O–H groups in total. The van der Waals surface area contributed by atoms with Crippen LogP contribution in [-0.4, -0.2) is 46.5 Å². The topological polar surface area (TPSA) is 108 Å². The van der Waals surface area contributed by atoms with Crippen molar-refractivity contribution in [3.05, 3.63) is 41.0 Å². The van der Waals surface area contributed by atoms with Gasteiger partial charge in [0.15, 0.2) is 0 Å². The standard InChI is InChI=1S/C21H28N4O5S/c1-6-25(7-2)31(27,28)16-8-9-19-18(12-16)22-20(24(19)5)10-11-21(26)29-13-17-14(3)23-30-15(17)4/h8-9,12H,6-7,10-11,13H2,1-5H3. The maximum atomic E-state index is 12.8. The number of aromatic nitrogens is 3. The highest BCUT2D eigenvalue weighted by molar-refractivity contribution is 7.89. The molecule has 3 aromatic rings. The predicted octanol–water partition coefficient (Wildman–Crippen LogP) is 2.88. The molecule has 0 amide bonds. The van der Waals surface area contributed by atoms with E-state index < -0.39 is 10.0 Å². The average molecular weight is 449 g/mol. The third kappa shape index (κ3) is 4.64. The lowest BCUT2D eigenvalue weighted by Gasteiger charge is -2.18. The number of hydrogen-bond donors (Lipinski definition) is 0. The van der Waals surface area contributed by atoms with Crippen LogP contribution in [0.5, 0.6) is 0 Å². The van der Waals surface area contributed by atoms with Gasteiger partial charge in [0.1, 0.15) is 18.2 Å². The van der Waals surface area contributed by atoms with E-state index in [0.717, 1.165) is 11.1 Å². The highest BCUT2D eigenvalue weighted by Crippen LogP contribution is 2.23. The lowest BCUT2D eigenvalue weighted by Crippen LogP contribution is -2.30. The number of hydrogen-bond acceptors (Lipinski definition) is 7. The summed E-state index contributed by atoms with van der Waals surface area (Å²) in [5.74, 6) is 0.967. The fourth-order valence-electron chi connectivity index (χ4n) is 3.47. The lowest BCUT2D eigenvalue weighted by atomic mass is 10.2. The first kappa shape index (κ1) is 23.0. The van der Waals surface area contributed by atoms with E-state index in [-0.39, 0.29) is 23.9 Å². The second-order valence-corrected chi connectivity index (χ2v) is 9.23. The van der Waals surface area contributed by atoms with Crippen LogP contribution in [0.3, 0.4) is 0 Å². The molecule has 0 radical (unpaired) electrons. The Kier molecular flexibility index (Phi) is 6.80. The molecule has 0 saturated carbocycles. The van der Waals surface area contributed by atoms with Gasteiger partial charge in [0, 0.05) is 26.6 Å². The second kappa shape index (κ2) is 9.19. The van der Waals surface area contributed by atoms with Crippen LogP contribution in [0.4, 0.5) is 0 Å². The van der Waals surface area contributed by atoms with Crippen LogP contribution in [0.1, 0.15) is 43.1 Å². The third-order valence-corrected chi connectivity index (χ3v) is 7.45. The van der Waals surface area contributed by atoms with Crippen LogP contribution in [0.25, 0.3) is 11.0 Å². The molecule has 2 aromatic heterocycles. The number of imidazole rings is 1. The molecule has 9 nitrogen and oxygen atoms in total. The molecule has 0 saturated heterocycles. The Morgan fingerprint density at radius 3 is 2.55 bits per heavy atom. The molecule has 0 unspecified atom stereocenters. The summed E-state index contributed by atoms with van der Waals surface area (Å²) in [7, 11) is -1.72. The van der Waals surface area contributed by atoms with Crippen molar-refractivity contribution in [3.8, 4) is 0 Å². The van der Waals surface area contributed by atoms with E-state index in [1.165, 1.54) is 4.31 Å². The van der Waals surface area contributed by atoms with Crippen molar-refractivity contribution < 1.29 is 22.5 Å². The molecule has 3 rings (SSSR count). The average Bonchev–Trinajstić information content (AvgIpc) is 3.23. The molecule has 1 aromatic carbocycles. The zero-order valence-electron chi connectivity index (χ0n) is 18.5. The van der Waals surface area contributed by atoms with E-state index in [1.807, 2.05) is 25.5 Å². The molecule has 0 aliphatic heterocycles. The maximum absolute atomic E-state index is 12.8. The number of benzene rings is 1. The van der Waals surface area contributed by atoms with Gasteiger partial charge in [-0.2, -0.15) is 4.31 Å². The highest BCUT2D eigenvalue weighted by atomic mass is 32.2. The SMILES string of the molecule is CCN(CC)S(=O)(=O)c1ccc2c(c1)nc(CCC(=O)OCc1c(C)noc1C)n2C. The van der Waals surface area contributed by atoms with Gasteiger partial charge in [0.05, 0.1) is 33.6 Å². The molecule has 0 aliphatic carbocycles. The first-order valence-electron chi connectivity index (χ1n) is 10.2. The number of fused-ring (bicyclic) bond motifs is 1. The summed E-state index contributed by atoms with van der Waals surface area (Å²) in [5, 5.41) is 3.84. The minimum atomic E-state index is -3.56. The van der Waals surface area contributed by atoms with Crippen molar-refractivity contribution in [2.75, 3.05) is 13.1 Å². The largest absolute Gasteiger partial charge is 0.461 e. The molecule has 10 heteroatoms. The highest BCUT2D eigenvalue weighted by Gasteiger charge is 2.23. The summed E-state index contributed by atoms with van der Waals surface area (Å²) >= 11 is 0. The van der Waals surface area contributed by atoms with Crippen molar-refractivity contribution >= 4 is 27.0 Å². The number of esters is 1. The van der Waals surface area contributed by atoms with Gasteiger partial charge in [-0.1, -0.05) is 19.0 Å². The second-order valence-electron chi connectivity index (χ2n) is 7.29. The van der Waals surface area contributed by atoms with Crippen molar-refractivity contribution in [1.82, 2.24) is 19.0 Å². The zero-order chi connectivity index (χ0) is 22.8. The number of rotatable bonds is 9. The Bertz CT molecular complexity index is 1170. The van der Waals surface area contributed by atoms with E-state index in [0.29, 0.717) is 42.3 Å². The fourth-order valence-corrected chi connectivity index (χ4v) is 4.95. The molecule has 0 fully saturated rings. The Morgan fingerprint density at radius 2 is 1.94 bits per heavy atom. The van der Waals surface area contributed by atoms with Gasteiger partial charge in [-0.3, -0.25) is 4.79 Å². The Morgan fingerprint density at radius 1 is 1.23 bits per heavy atom. The van der Waals surface area contributed by atoms with E-state index in [4.69, 9.17) is 9.26 Å². The van der Waals surface area contributed by atoms with Crippen molar-refractivity contribution in [1.29, 1.82) is 0 Å². The normalized spacial score (nSPS) is 12.1. The third-order valence-electron chi connectivity index (χ3n) is 5.40. The monoisotopic (exact) mass is 448 g/mol. The number of carbonyl (C=O) groups excluding carboxylic acids is 1. The molecule has 0 atom stereocenters. The molecule has 0 spiro atoms. The van der Waals surface area contributed by atoms with Gasteiger partial charge < -0.3 is 13.8 Å². The summed E-state index contributed by atoms with van der Waals surface area (Å²) in [5.41, 5.74) is 2.86. The Hall–Kier alpha value is -2.72. The molecular weight excluding hydrogens is 420 g/mol. The van der Waals surface area contributed by atoms with Crippen LogP contribution in [0.15, 0.2) is 27.6 Å². The van der Waals surface area contributed by atoms with Crippen LogP contribution < -0.4 is 0 Å². The van der Waals surface area contributed by atoms with Crippen LogP contribution >= 0.6 is 0 Å². The molecule has 168 valence electrons. The summed E-state index contributed by atoms with van der Waals surface area (Å²) in [6, 6.07) is 4.93. The van der Waals surface area contributed by atoms with Gasteiger partial charge in [0.25, 0.3) is 0 Å². The minimum absolute atomic E-state index is 0.120. The number of carbonyl (C=O) groups is 1. The molecule has 0 aliphatic rings. The van der Waals surface area contributed by atoms with Crippen molar-refractivity contribution in [3.63, 3.8) is 0 Å². The van der Waals surface area contributed by atoms with Crippen LogP contribution in [0.2, 0.25) is 0 Å². The quantitative estimate of drug-likeness (QED) is 0.463. The van der Waals surface area contributed by atoms with Gasteiger partial charge >= 0.3 is 5.97 Å². The molecule has 2 heterocycles. The summed E-state index contributed by atoms with van der Waals surface area (Å²) < 4.78 is 39.2. The van der Waals surface area contributed by atoms with Crippen LogP contribution in [-0.2, 0) is 39.6 Å². The fraction of sp³-hybridized carbons (Fsp3) is 0.476. The van der Waals surface area contributed by atoms with Gasteiger partial charge in [-0.15, -0.1) is 0 Å². The predicted molar refractivity (Wildman–Crippen MR) is 115 cm³/mol. The number of aryl methyl sites for hydroxylation is 4. The number of sulfonamides is 1. The van der Waals surface area contributed by atoms with E-state index in [1.54, 1.807) is 32.0 Å². The zero-order valence-corrected chi connectivity index (χ0v) is 19.3. The maximum Gasteiger partial charge on any atom is 0.306 e. The molecule has 31 heavy (non-hydrogen) atoms. The summed E-state index contributed by atoms with van der Waals surface area (Å²) in [6.07, 6.45) is 0.537. The van der Waals surface area contributed by atoms with Gasteiger partial charge in [-0.05, 0) is 32.0 Å². The van der Waals surface area contributed by atoms with E-state index >= 15 is 0 Å².